The highest BCUT2D eigenvalue weighted by Crippen LogP contribution is 2.30. The van der Waals surface area contributed by atoms with Crippen molar-refractivity contribution in [3.63, 3.8) is 0 Å². The maximum Gasteiger partial charge on any atom is 0.338 e. The quantitative estimate of drug-likeness (QED) is 0.781. The lowest BCUT2D eigenvalue weighted by Gasteiger charge is -2.28. The van der Waals surface area contributed by atoms with Gasteiger partial charge < -0.3 is 19.3 Å². The van der Waals surface area contributed by atoms with Gasteiger partial charge in [-0.1, -0.05) is 13.0 Å². The van der Waals surface area contributed by atoms with Crippen LogP contribution in [0.5, 0.6) is 11.5 Å². The first-order valence-corrected chi connectivity index (χ1v) is 6.97. The Morgan fingerprint density at radius 3 is 2.43 bits per heavy atom. The average Bonchev–Trinajstić information content (AvgIpc) is 2.47. The molecule has 0 radical (unpaired) electrons. The molecule has 0 fully saturated rings. The van der Waals surface area contributed by atoms with Crippen molar-refractivity contribution in [2.75, 3.05) is 20.8 Å². The van der Waals surface area contributed by atoms with Gasteiger partial charge in [0.05, 0.1) is 20.8 Å². The Bertz CT molecular complexity index is 482. The van der Waals surface area contributed by atoms with Crippen LogP contribution in [0, 0.1) is 5.92 Å². The molecule has 1 aromatic carbocycles. The van der Waals surface area contributed by atoms with Gasteiger partial charge in [0.1, 0.15) is 0 Å². The summed E-state index contributed by atoms with van der Waals surface area (Å²) in [5.41, 5.74) is -0.576. The van der Waals surface area contributed by atoms with Gasteiger partial charge in [0, 0.05) is 0 Å². The van der Waals surface area contributed by atoms with E-state index in [-0.39, 0.29) is 12.5 Å². The van der Waals surface area contributed by atoms with Gasteiger partial charge >= 0.3 is 5.97 Å². The Labute approximate surface area is 125 Å². The molecule has 0 aliphatic rings. The fourth-order valence-electron chi connectivity index (χ4n) is 2.04. The Kier molecular flexibility index (Phi) is 6.03. The molecular formula is C16H24O5. The third kappa shape index (κ3) is 4.11. The standard InChI is InChI=1S/C16H24O5/c1-6-21-15(17)16(3,18)11(2)9-12-7-8-13(19-4)14(10-12)20-5/h7-8,10-11,18H,6,9H2,1-5H3. The summed E-state index contributed by atoms with van der Waals surface area (Å²) in [5.74, 6) is 0.372. The van der Waals surface area contributed by atoms with Crippen LogP contribution >= 0.6 is 0 Å². The van der Waals surface area contributed by atoms with Crippen LogP contribution in [-0.2, 0) is 16.0 Å². The predicted molar refractivity (Wildman–Crippen MR) is 79.7 cm³/mol. The van der Waals surface area contributed by atoms with Gasteiger partial charge in [0.15, 0.2) is 17.1 Å². The summed E-state index contributed by atoms with van der Waals surface area (Å²) >= 11 is 0. The van der Waals surface area contributed by atoms with Crippen LogP contribution in [0.15, 0.2) is 18.2 Å². The van der Waals surface area contributed by atoms with Gasteiger partial charge in [0.2, 0.25) is 0 Å². The van der Waals surface area contributed by atoms with Gasteiger partial charge in [-0.15, -0.1) is 0 Å². The lowest BCUT2D eigenvalue weighted by atomic mass is 9.85. The predicted octanol–water partition coefficient (Wildman–Crippen LogP) is 2.20. The maximum absolute atomic E-state index is 11.8. The average molecular weight is 296 g/mol. The number of ether oxygens (including phenoxy) is 3. The molecule has 1 aromatic rings. The lowest BCUT2D eigenvalue weighted by Crippen LogP contribution is -2.44. The first-order valence-electron chi connectivity index (χ1n) is 6.97. The molecule has 2 unspecified atom stereocenters. The van der Waals surface area contributed by atoms with E-state index in [4.69, 9.17) is 14.2 Å². The van der Waals surface area contributed by atoms with Crippen LogP contribution in [0.25, 0.3) is 0 Å². The zero-order chi connectivity index (χ0) is 16.0. The number of carbonyl (C=O) groups is 1. The summed E-state index contributed by atoms with van der Waals surface area (Å²) in [6.45, 7) is 5.26. The second kappa shape index (κ2) is 7.31. The molecule has 0 aliphatic carbocycles. The fourth-order valence-corrected chi connectivity index (χ4v) is 2.04. The molecule has 118 valence electrons. The van der Waals surface area contributed by atoms with Crippen LogP contribution < -0.4 is 9.47 Å². The van der Waals surface area contributed by atoms with E-state index in [1.165, 1.54) is 6.92 Å². The van der Waals surface area contributed by atoms with Crippen molar-refractivity contribution in [2.45, 2.75) is 32.8 Å². The number of methoxy groups -OCH3 is 2. The molecule has 1 rings (SSSR count). The van der Waals surface area contributed by atoms with Crippen molar-refractivity contribution in [1.82, 2.24) is 0 Å². The Morgan fingerprint density at radius 1 is 1.29 bits per heavy atom. The molecule has 0 heterocycles. The molecule has 21 heavy (non-hydrogen) atoms. The molecule has 5 heteroatoms. The number of rotatable bonds is 7. The lowest BCUT2D eigenvalue weighted by molar-refractivity contribution is -0.168. The molecule has 0 aliphatic heterocycles. The smallest absolute Gasteiger partial charge is 0.338 e. The molecule has 0 amide bonds. The SMILES string of the molecule is CCOC(=O)C(C)(O)C(C)Cc1ccc(OC)c(OC)c1. The molecule has 0 saturated carbocycles. The van der Waals surface area contributed by atoms with Crippen LogP contribution in [0.4, 0.5) is 0 Å². The van der Waals surface area contributed by atoms with Gasteiger partial charge in [-0.3, -0.25) is 0 Å². The number of hydrogen-bond donors (Lipinski definition) is 1. The molecule has 0 saturated heterocycles. The maximum atomic E-state index is 11.8. The zero-order valence-corrected chi connectivity index (χ0v) is 13.3. The summed E-state index contributed by atoms with van der Waals surface area (Å²) in [7, 11) is 3.14. The van der Waals surface area contributed by atoms with Crippen molar-refractivity contribution in [3.8, 4) is 11.5 Å². The van der Waals surface area contributed by atoms with Gasteiger partial charge in [0.25, 0.3) is 0 Å². The highest BCUT2D eigenvalue weighted by molar-refractivity contribution is 5.79. The minimum absolute atomic E-state index is 0.248. The molecule has 1 N–H and O–H groups in total. The number of benzene rings is 1. The van der Waals surface area contributed by atoms with Crippen LogP contribution in [0.2, 0.25) is 0 Å². The van der Waals surface area contributed by atoms with Gasteiger partial charge in [-0.25, -0.2) is 4.79 Å². The first kappa shape index (κ1) is 17.3. The second-order valence-corrected chi connectivity index (χ2v) is 5.16. The molecule has 2 atom stereocenters. The summed E-state index contributed by atoms with van der Waals surface area (Å²) < 4.78 is 15.3. The number of esters is 1. The zero-order valence-electron chi connectivity index (χ0n) is 13.3. The highest BCUT2D eigenvalue weighted by Gasteiger charge is 2.38. The van der Waals surface area contributed by atoms with Crippen LogP contribution in [0.3, 0.4) is 0 Å². The summed E-state index contributed by atoms with van der Waals surface area (Å²) in [6, 6.07) is 5.54. The molecule has 5 nitrogen and oxygen atoms in total. The Hall–Kier alpha value is -1.75. The van der Waals surface area contributed by atoms with E-state index >= 15 is 0 Å². The summed E-state index contributed by atoms with van der Waals surface area (Å²) in [5, 5.41) is 10.3. The van der Waals surface area contributed by atoms with E-state index in [1.54, 1.807) is 27.2 Å². The molecular weight excluding hydrogens is 272 g/mol. The Balaban J connectivity index is 2.87. The summed E-state index contributed by atoms with van der Waals surface area (Å²) in [4.78, 5) is 11.8. The van der Waals surface area contributed by atoms with E-state index < -0.39 is 11.6 Å². The van der Waals surface area contributed by atoms with Gasteiger partial charge in [-0.2, -0.15) is 0 Å². The van der Waals surface area contributed by atoms with Gasteiger partial charge in [-0.05, 0) is 43.9 Å². The molecule has 0 spiro atoms. The first-order chi connectivity index (χ1) is 9.86. The summed E-state index contributed by atoms with van der Waals surface area (Å²) in [6.07, 6.45) is 0.520. The number of aliphatic hydroxyl groups is 1. The minimum Gasteiger partial charge on any atom is -0.493 e. The normalized spacial score (nSPS) is 15.0. The van der Waals surface area contributed by atoms with Crippen LogP contribution in [0.1, 0.15) is 26.3 Å². The Morgan fingerprint density at radius 2 is 1.90 bits per heavy atom. The van der Waals surface area contributed by atoms with E-state index in [2.05, 4.69) is 0 Å². The monoisotopic (exact) mass is 296 g/mol. The topological polar surface area (TPSA) is 65.0 Å². The third-order valence-electron chi connectivity index (χ3n) is 3.64. The van der Waals surface area contributed by atoms with Crippen molar-refractivity contribution < 1.29 is 24.1 Å². The van der Waals surface area contributed by atoms with E-state index in [0.717, 1.165) is 5.56 Å². The van der Waals surface area contributed by atoms with Crippen molar-refractivity contribution in [2.24, 2.45) is 5.92 Å². The van der Waals surface area contributed by atoms with E-state index in [0.29, 0.717) is 17.9 Å². The number of hydrogen-bond acceptors (Lipinski definition) is 5. The van der Waals surface area contributed by atoms with Crippen molar-refractivity contribution in [3.05, 3.63) is 23.8 Å². The third-order valence-corrected chi connectivity index (χ3v) is 3.64. The molecule has 0 bridgehead atoms. The number of carbonyl (C=O) groups excluding carboxylic acids is 1. The highest BCUT2D eigenvalue weighted by atomic mass is 16.5. The molecule has 0 aromatic heterocycles. The fraction of sp³-hybridized carbons (Fsp3) is 0.562. The van der Waals surface area contributed by atoms with E-state index in [1.807, 2.05) is 19.1 Å². The van der Waals surface area contributed by atoms with Crippen molar-refractivity contribution >= 4 is 5.97 Å². The largest absolute Gasteiger partial charge is 0.493 e. The minimum atomic E-state index is -1.52. The van der Waals surface area contributed by atoms with Crippen molar-refractivity contribution in [1.29, 1.82) is 0 Å². The van der Waals surface area contributed by atoms with E-state index in [9.17, 15) is 9.90 Å². The van der Waals surface area contributed by atoms with Crippen LogP contribution in [-0.4, -0.2) is 37.5 Å². The second-order valence-electron chi connectivity index (χ2n) is 5.16.